The van der Waals surface area contributed by atoms with Crippen molar-refractivity contribution < 1.29 is 17.6 Å². The maximum atomic E-state index is 12.5. The second kappa shape index (κ2) is 4.71. The van der Waals surface area contributed by atoms with Crippen LogP contribution in [0.4, 0.5) is 13.2 Å². The van der Waals surface area contributed by atoms with Crippen molar-refractivity contribution in [2.75, 3.05) is 0 Å². The SMILES string of the molecule is Cc1occc1C(NN)c1cnc(C(F)(F)F)s1. The van der Waals surface area contributed by atoms with E-state index in [9.17, 15) is 13.2 Å². The number of hydrogen-bond donors (Lipinski definition) is 2. The van der Waals surface area contributed by atoms with Crippen LogP contribution in [-0.4, -0.2) is 4.98 Å². The maximum Gasteiger partial charge on any atom is 0.443 e. The van der Waals surface area contributed by atoms with Crippen LogP contribution in [0.2, 0.25) is 0 Å². The van der Waals surface area contributed by atoms with E-state index in [1.165, 1.54) is 12.5 Å². The Morgan fingerprint density at radius 2 is 2.22 bits per heavy atom. The first-order chi connectivity index (χ1) is 8.43. The highest BCUT2D eigenvalue weighted by atomic mass is 32.1. The zero-order chi connectivity index (χ0) is 13.3. The number of alkyl halides is 3. The van der Waals surface area contributed by atoms with E-state index in [2.05, 4.69) is 10.4 Å². The lowest BCUT2D eigenvalue weighted by Crippen LogP contribution is -2.28. The van der Waals surface area contributed by atoms with Crippen LogP contribution in [0.15, 0.2) is 22.9 Å². The number of nitrogens with one attached hydrogen (secondary N) is 1. The van der Waals surface area contributed by atoms with Gasteiger partial charge in [-0.2, -0.15) is 13.2 Å². The Hall–Kier alpha value is -1.38. The summed E-state index contributed by atoms with van der Waals surface area (Å²) in [6.07, 6.45) is -1.81. The quantitative estimate of drug-likeness (QED) is 0.668. The maximum absolute atomic E-state index is 12.5. The molecule has 2 aromatic rings. The van der Waals surface area contributed by atoms with Gasteiger partial charge in [0.05, 0.1) is 12.3 Å². The van der Waals surface area contributed by atoms with Crippen LogP contribution in [0.25, 0.3) is 0 Å². The van der Waals surface area contributed by atoms with Gasteiger partial charge >= 0.3 is 6.18 Å². The summed E-state index contributed by atoms with van der Waals surface area (Å²) in [6, 6.07) is 1.10. The summed E-state index contributed by atoms with van der Waals surface area (Å²) >= 11 is 0.559. The van der Waals surface area contributed by atoms with Crippen molar-refractivity contribution in [3.05, 3.63) is 39.7 Å². The third-order valence-electron chi connectivity index (χ3n) is 2.43. The number of hydrogen-bond acceptors (Lipinski definition) is 5. The van der Waals surface area contributed by atoms with Crippen LogP contribution in [-0.2, 0) is 6.18 Å². The molecule has 0 saturated carbocycles. The second-order valence-electron chi connectivity index (χ2n) is 3.60. The van der Waals surface area contributed by atoms with Gasteiger partial charge in [-0.25, -0.2) is 10.4 Å². The molecular formula is C10H10F3N3OS. The van der Waals surface area contributed by atoms with Gasteiger partial charge in [0.1, 0.15) is 5.76 Å². The van der Waals surface area contributed by atoms with Gasteiger partial charge in [0, 0.05) is 16.6 Å². The summed E-state index contributed by atoms with van der Waals surface area (Å²) < 4.78 is 42.5. The first-order valence-corrected chi connectivity index (χ1v) is 5.78. The third kappa shape index (κ3) is 2.40. The molecule has 4 nitrogen and oxygen atoms in total. The van der Waals surface area contributed by atoms with Crippen LogP contribution in [0.1, 0.15) is 27.3 Å². The predicted molar refractivity (Wildman–Crippen MR) is 59.7 cm³/mol. The zero-order valence-corrected chi connectivity index (χ0v) is 10.1. The van der Waals surface area contributed by atoms with Crippen molar-refractivity contribution in [3.8, 4) is 0 Å². The molecule has 3 N–H and O–H groups in total. The Bertz CT molecular complexity index is 534. The van der Waals surface area contributed by atoms with Crippen LogP contribution in [0, 0.1) is 6.92 Å². The molecule has 0 aliphatic rings. The molecule has 18 heavy (non-hydrogen) atoms. The summed E-state index contributed by atoms with van der Waals surface area (Å²) in [7, 11) is 0. The number of nitrogens with two attached hydrogens (primary N) is 1. The van der Waals surface area contributed by atoms with Crippen molar-refractivity contribution >= 4 is 11.3 Å². The fourth-order valence-corrected chi connectivity index (χ4v) is 2.43. The van der Waals surface area contributed by atoms with E-state index in [1.54, 1.807) is 13.0 Å². The van der Waals surface area contributed by atoms with E-state index in [0.29, 0.717) is 27.5 Å². The van der Waals surface area contributed by atoms with Crippen molar-refractivity contribution in [1.29, 1.82) is 0 Å². The number of furan rings is 1. The number of aromatic nitrogens is 1. The molecule has 2 aromatic heterocycles. The molecule has 0 saturated heterocycles. The molecule has 98 valence electrons. The molecule has 0 amide bonds. The Morgan fingerprint density at radius 1 is 1.50 bits per heavy atom. The van der Waals surface area contributed by atoms with E-state index in [4.69, 9.17) is 10.3 Å². The molecule has 8 heteroatoms. The van der Waals surface area contributed by atoms with E-state index >= 15 is 0 Å². The topological polar surface area (TPSA) is 64.1 Å². The van der Waals surface area contributed by atoms with Gasteiger partial charge in [-0.3, -0.25) is 5.84 Å². The molecule has 0 fully saturated rings. The normalized spacial score (nSPS) is 13.8. The van der Waals surface area contributed by atoms with Gasteiger partial charge in [0.25, 0.3) is 0 Å². The number of halogens is 3. The Labute approximate surface area is 105 Å². The summed E-state index contributed by atoms with van der Waals surface area (Å²) in [4.78, 5) is 3.75. The molecule has 0 aliphatic heterocycles. The van der Waals surface area contributed by atoms with Crippen molar-refractivity contribution in [3.63, 3.8) is 0 Å². The average Bonchev–Trinajstić information content (AvgIpc) is 2.89. The lowest BCUT2D eigenvalue weighted by atomic mass is 10.1. The number of aryl methyl sites for hydroxylation is 1. The minimum absolute atomic E-state index is 0.384. The fraction of sp³-hybridized carbons (Fsp3) is 0.300. The highest BCUT2D eigenvalue weighted by Gasteiger charge is 2.35. The largest absolute Gasteiger partial charge is 0.469 e. The molecule has 1 unspecified atom stereocenters. The lowest BCUT2D eigenvalue weighted by molar-refractivity contribution is -0.137. The average molecular weight is 277 g/mol. The summed E-state index contributed by atoms with van der Waals surface area (Å²) in [6.45, 7) is 1.71. The first kappa shape index (κ1) is 13.1. The monoisotopic (exact) mass is 277 g/mol. The minimum atomic E-state index is -4.44. The van der Waals surface area contributed by atoms with E-state index in [0.717, 1.165) is 0 Å². The summed E-state index contributed by atoms with van der Waals surface area (Å²) in [5.74, 6) is 5.99. The Balaban J connectivity index is 2.35. The predicted octanol–water partition coefficient (Wildman–Crippen LogP) is 2.62. The molecule has 0 bridgehead atoms. The summed E-state index contributed by atoms with van der Waals surface area (Å²) in [5, 5.41) is -0.890. The van der Waals surface area contributed by atoms with Gasteiger partial charge in [-0.15, -0.1) is 11.3 Å². The lowest BCUT2D eigenvalue weighted by Gasteiger charge is -2.12. The van der Waals surface area contributed by atoms with Gasteiger partial charge < -0.3 is 4.42 Å². The molecule has 2 rings (SSSR count). The third-order valence-corrected chi connectivity index (χ3v) is 3.53. The number of nitrogens with zero attached hydrogens (tertiary/aromatic N) is 1. The van der Waals surface area contributed by atoms with E-state index in [1.807, 2.05) is 0 Å². The highest BCUT2D eigenvalue weighted by Crippen LogP contribution is 2.36. The smallest absolute Gasteiger partial charge is 0.443 e. The molecule has 0 aliphatic carbocycles. The molecule has 1 atom stereocenters. The zero-order valence-electron chi connectivity index (χ0n) is 9.28. The number of hydrazine groups is 1. The number of rotatable bonds is 3. The van der Waals surface area contributed by atoms with Crippen molar-refractivity contribution in [1.82, 2.24) is 10.4 Å². The van der Waals surface area contributed by atoms with Crippen molar-refractivity contribution in [2.45, 2.75) is 19.1 Å². The highest BCUT2D eigenvalue weighted by molar-refractivity contribution is 7.11. The van der Waals surface area contributed by atoms with E-state index < -0.39 is 17.2 Å². The van der Waals surface area contributed by atoms with Gasteiger partial charge in [-0.1, -0.05) is 0 Å². The molecule has 2 heterocycles. The Morgan fingerprint density at radius 3 is 2.67 bits per heavy atom. The van der Waals surface area contributed by atoms with Crippen LogP contribution >= 0.6 is 11.3 Å². The van der Waals surface area contributed by atoms with Crippen LogP contribution in [0.5, 0.6) is 0 Å². The number of thiazole rings is 1. The molecular weight excluding hydrogens is 267 g/mol. The van der Waals surface area contributed by atoms with Gasteiger partial charge in [-0.05, 0) is 13.0 Å². The first-order valence-electron chi connectivity index (χ1n) is 4.96. The standard InChI is InChI=1S/C10H10F3N3OS/c1-5-6(2-3-17-5)8(16-14)7-4-15-9(18-7)10(11,12)13/h2-4,8,16H,14H2,1H3. The van der Waals surface area contributed by atoms with Crippen LogP contribution < -0.4 is 11.3 Å². The summed E-state index contributed by atoms with van der Waals surface area (Å²) in [5.41, 5.74) is 3.16. The minimum Gasteiger partial charge on any atom is -0.469 e. The Kier molecular flexibility index (Phi) is 3.42. The van der Waals surface area contributed by atoms with E-state index in [-0.39, 0.29) is 0 Å². The van der Waals surface area contributed by atoms with Crippen molar-refractivity contribution in [2.24, 2.45) is 5.84 Å². The van der Waals surface area contributed by atoms with Crippen LogP contribution in [0.3, 0.4) is 0 Å². The molecule has 0 radical (unpaired) electrons. The van der Waals surface area contributed by atoms with Gasteiger partial charge in [0.15, 0.2) is 5.01 Å². The molecule has 0 spiro atoms. The fourth-order valence-electron chi connectivity index (χ4n) is 1.57. The molecule has 0 aromatic carbocycles. The van der Waals surface area contributed by atoms with Gasteiger partial charge in [0.2, 0.25) is 0 Å². The second-order valence-corrected chi connectivity index (χ2v) is 4.66.